The summed E-state index contributed by atoms with van der Waals surface area (Å²) in [6.07, 6.45) is -0.218. The quantitative estimate of drug-likeness (QED) is 0.846. The number of alkyl halides is 3. The first kappa shape index (κ1) is 15.6. The predicted octanol–water partition coefficient (Wildman–Crippen LogP) is 3.99. The summed E-state index contributed by atoms with van der Waals surface area (Å²) in [5, 5.41) is 3.22. The zero-order valence-electron chi connectivity index (χ0n) is 11.0. The Kier molecular flexibility index (Phi) is 5.89. The first-order chi connectivity index (χ1) is 8.92. The molecule has 0 aliphatic heterocycles. The standard InChI is InChI=1S/C14H18F3NO/c1-3-10-18-11(2)8-9-12-6-4-5-7-13(12)19-14(15,16)17/h4-9,11,18H,3,10H2,1-2H3/b9-8+. The Balaban J connectivity index is 2.75. The second-order valence-corrected chi connectivity index (χ2v) is 4.19. The van der Waals surface area contributed by atoms with Crippen LogP contribution in [-0.4, -0.2) is 18.9 Å². The molecule has 106 valence electrons. The average Bonchev–Trinajstić information content (AvgIpc) is 2.33. The Morgan fingerprint density at radius 3 is 2.63 bits per heavy atom. The molecule has 0 radical (unpaired) electrons. The molecular weight excluding hydrogens is 255 g/mol. The van der Waals surface area contributed by atoms with E-state index in [0.717, 1.165) is 13.0 Å². The highest BCUT2D eigenvalue weighted by molar-refractivity contribution is 5.57. The van der Waals surface area contributed by atoms with Gasteiger partial charge in [0.25, 0.3) is 0 Å². The Morgan fingerprint density at radius 1 is 1.32 bits per heavy atom. The molecule has 0 heterocycles. The van der Waals surface area contributed by atoms with Gasteiger partial charge in [0.15, 0.2) is 0 Å². The van der Waals surface area contributed by atoms with Gasteiger partial charge in [-0.15, -0.1) is 13.2 Å². The van der Waals surface area contributed by atoms with Crippen molar-refractivity contribution in [1.82, 2.24) is 5.32 Å². The fraction of sp³-hybridized carbons (Fsp3) is 0.429. The molecule has 0 amide bonds. The molecular formula is C14H18F3NO. The second kappa shape index (κ2) is 7.19. The van der Waals surface area contributed by atoms with Gasteiger partial charge < -0.3 is 10.1 Å². The van der Waals surface area contributed by atoms with E-state index in [-0.39, 0.29) is 11.8 Å². The average molecular weight is 273 g/mol. The Hall–Kier alpha value is -1.49. The van der Waals surface area contributed by atoms with Crippen molar-refractivity contribution in [1.29, 1.82) is 0 Å². The molecule has 1 rings (SSSR count). The molecule has 1 unspecified atom stereocenters. The van der Waals surface area contributed by atoms with Crippen LogP contribution in [0.5, 0.6) is 5.75 Å². The molecule has 1 aromatic rings. The van der Waals surface area contributed by atoms with Crippen molar-refractivity contribution in [2.45, 2.75) is 32.7 Å². The maximum atomic E-state index is 12.2. The summed E-state index contributed by atoms with van der Waals surface area (Å²) in [5.74, 6) is -0.186. The zero-order chi connectivity index (χ0) is 14.3. The van der Waals surface area contributed by atoms with E-state index in [1.807, 2.05) is 13.0 Å². The summed E-state index contributed by atoms with van der Waals surface area (Å²) >= 11 is 0. The number of nitrogens with one attached hydrogen (secondary N) is 1. The molecule has 0 bridgehead atoms. The number of para-hydroxylation sites is 1. The molecule has 0 fully saturated rings. The third-order valence-electron chi connectivity index (χ3n) is 2.43. The summed E-state index contributed by atoms with van der Waals surface area (Å²) in [6.45, 7) is 4.86. The third kappa shape index (κ3) is 6.29. The number of ether oxygens (including phenoxy) is 1. The lowest BCUT2D eigenvalue weighted by atomic mass is 10.1. The topological polar surface area (TPSA) is 21.3 Å². The molecule has 5 heteroatoms. The molecule has 1 N–H and O–H groups in total. The lowest BCUT2D eigenvalue weighted by Gasteiger charge is -2.12. The van der Waals surface area contributed by atoms with E-state index in [0.29, 0.717) is 5.56 Å². The molecule has 0 saturated carbocycles. The smallest absolute Gasteiger partial charge is 0.405 e. The van der Waals surface area contributed by atoms with Gasteiger partial charge in [0.1, 0.15) is 5.75 Å². The first-order valence-electron chi connectivity index (χ1n) is 6.18. The van der Waals surface area contributed by atoms with Gasteiger partial charge in [0.2, 0.25) is 0 Å². The van der Waals surface area contributed by atoms with E-state index < -0.39 is 6.36 Å². The van der Waals surface area contributed by atoms with Crippen molar-refractivity contribution in [3.8, 4) is 5.75 Å². The maximum Gasteiger partial charge on any atom is 0.573 e. The van der Waals surface area contributed by atoms with Crippen LogP contribution in [0.1, 0.15) is 25.8 Å². The largest absolute Gasteiger partial charge is 0.573 e. The van der Waals surface area contributed by atoms with Gasteiger partial charge in [-0.25, -0.2) is 0 Å². The number of rotatable bonds is 6. The molecule has 1 aromatic carbocycles. The van der Waals surface area contributed by atoms with Gasteiger partial charge in [-0.1, -0.05) is 37.3 Å². The van der Waals surface area contributed by atoms with Crippen molar-refractivity contribution < 1.29 is 17.9 Å². The van der Waals surface area contributed by atoms with E-state index >= 15 is 0 Å². The Bertz CT molecular complexity index is 415. The van der Waals surface area contributed by atoms with Crippen LogP contribution in [-0.2, 0) is 0 Å². The summed E-state index contributed by atoms with van der Waals surface area (Å²) in [7, 11) is 0. The van der Waals surface area contributed by atoms with Gasteiger partial charge in [0, 0.05) is 11.6 Å². The van der Waals surface area contributed by atoms with Gasteiger partial charge in [0.05, 0.1) is 0 Å². The van der Waals surface area contributed by atoms with Crippen molar-refractivity contribution in [3.05, 3.63) is 35.9 Å². The SMILES string of the molecule is CCCNC(C)/C=C/c1ccccc1OC(F)(F)F. The van der Waals surface area contributed by atoms with Crippen molar-refractivity contribution in [2.75, 3.05) is 6.54 Å². The molecule has 0 aliphatic carbocycles. The van der Waals surface area contributed by atoms with Crippen LogP contribution in [0.25, 0.3) is 6.08 Å². The molecule has 1 atom stereocenters. The minimum absolute atomic E-state index is 0.0962. The van der Waals surface area contributed by atoms with Gasteiger partial charge in [-0.05, 0) is 26.0 Å². The fourth-order valence-electron chi connectivity index (χ4n) is 1.52. The monoisotopic (exact) mass is 273 g/mol. The van der Waals surface area contributed by atoms with Gasteiger partial charge in [-0.3, -0.25) is 0 Å². The summed E-state index contributed by atoms with van der Waals surface area (Å²) in [4.78, 5) is 0. The zero-order valence-corrected chi connectivity index (χ0v) is 11.0. The number of halogens is 3. The highest BCUT2D eigenvalue weighted by Gasteiger charge is 2.31. The van der Waals surface area contributed by atoms with Crippen LogP contribution in [0.2, 0.25) is 0 Å². The van der Waals surface area contributed by atoms with Crippen LogP contribution in [0.3, 0.4) is 0 Å². The Morgan fingerprint density at radius 2 is 2.00 bits per heavy atom. The van der Waals surface area contributed by atoms with Crippen molar-refractivity contribution in [2.24, 2.45) is 0 Å². The van der Waals surface area contributed by atoms with Crippen molar-refractivity contribution in [3.63, 3.8) is 0 Å². The second-order valence-electron chi connectivity index (χ2n) is 4.19. The van der Waals surface area contributed by atoms with Crippen LogP contribution in [0.4, 0.5) is 13.2 Å². The maximum absolute atomic E-state index is 12.2. The summed E-state index contributed by atoms with van der Waals surface area (Å²) < 4.78 is 40.7. The van der Waals surface area contributed by atoms with E-state index in [1.54, 1.807) is 18.2 Å². The minimum atomic E-state index is -4.67. The van der Waals surface area contributed by atoms with E-state index in [4.69, 9.17) is 0 Å². The molecule has 0 saturated heterocycles. The number of hydrogen-bond acceptors (Lipinski definition) is 2. The van der Waals surface area contributed by atoms with Crippen molar-refractivity contribution >= 4 is 6.08 Å². The van der Waals surface area contributed by atoms with E-state index in [1.165, 1.54) is 12.1 Å². The number of hydrogen-bond donors (Lipinski definition) is 1. The molecule has 19 heavy (non-hydrogen) atoms. The van der Waals surface area contributed by atoms with E-state index in [9.17, 15) is 13.2 Å². The summed E-state index contributed by atoms with van der Waals surface area (Å²) in [6, 6.07) is 6.17. The predicted molar refractivity (Wildman–Crippen MR) is 69.9 cm³/mol. The lowest BCUT2D eigenvalue weighted by molar-refractivity contribution is -0.274. The molecule has 2 nitrogen and oxygen atoms in total. The first-order valence-corrected chi connectivity index (χ1v) is 6.18. The molecule has 0 aliphatic rings. The molecule has 0 aromatic heterocycles. The third-order valence-corrected chi connectivity index (χ3v) is 2.43. The minimum Gasteiger partial charge on any atom is -0.405 e. The van der Waals surface area contributed by atoms with Crippen LogP contribution in [0.15, 0.2) is 30.3 Å². The fourth-order valence-corrected chi connectivity index (χ4v) is 1.52. The van der Waals surface area contributed by atoms with Gasteiger partial charge >= 0.3 is 6.36 Å². The summed E-state index contributed by atoms with van der Waals surface area (Å²) in [5.41, 5.74) is 0.407. The van der Waals surface area contributed by atoms with Gasteiger partial charge in [-0.2, -0.15) is 0 Å². The van der Waals surface area contributed by atoms with Crippen LogP contribution in [0, 0.1) is 0 Å². The lowest BCUT2D eigenvalue weighted by Crippen LogP contribution is -2.24. The number of benzene rings is 1. The van der Waals surface area contributed by atoms with Crippen LogP contribution >= 0.6 is 0 Å². The normalized spacial score (nSPS) is 13.7. The molecule has 0 spiro atoms. The highest BCUT2D eigenvalue weighted by Crippen LogP contribution is 2.27. The highest BCUT2D eigenvalue weighted by atomic mass is 19.4. The van der Waals surface area contributed by atoms with E-state index in [2.05, 4.69) is 17.0 Å². The Labute approximate surface area is 111 Å². The van der Waals surface area contributed by atoms with Crippen LogP contribution < -0.4 is 10.1 Å².